The van der Waals surface area contributed by atoms with E-state index < -0.39 is 5.82 Å². The van der Waals surface area contributed by atoms with Gasteiger partial charge in [-0.3, -0.25) is 0 Å². The number of halogens is 3. The molecule has 0 aliphatic rings. The fourth-order valence-corrected chi connectivity index (χ4v) is 2.47. The van der Waals surface area contributed by atoms with Crippen LogP contribution in [0.2, 0.25) is 10.0 Å². The van der Waals surface area contributed by atoms with Crippen LogP contribution in [-0.4, -0.2) is 6.04 Å². The van der Waals surface area contributed by atoms with Gasteiger partial charge >= 0.3 is 0 Å². The fraction of sp³-hybridized carbons (Fsp3) is 0.250. The van der Waals surface area contributed by atoms with Crippen molar-refractivity contribution in [2.75, 3.05) is 0 Å². The van der Waals surface area contributed by atoms with Gasteiger partial charge in [-0.1, -0.05) is 41.4 Å². The molecule has 0 aromatic heterocycles. The Hall–Kier alpha value is -1.29. The van der Waals surface area contributed by atoms with Crippen LogP contribution in [0.25, 0.3) is 0 Å². The van der Waals surface area contributed by atoms with E-state index in [9.17, 15) is 4.39 Å². The molecule has 2 aromatic carbocycles. The van der Waals surface area contributed by atoms with E-state index in [0.29, 0.717) is 16.5 Å². The third-order valence-corrected chi connectivity index (χ3v) is 3.56. The molecule has 0 fully saturated rings. The van der Waals surface area contributed by atoms with Crippen LogP contribution in [0.5, 0.6) is 5.75 Å². The summed E-state index contributed by atoms with van der Waals surface area (Å²) < 4.78 is 19.6. The van der Waals surface area contributed by atoms with E-state index in [1.807, 2.05) is 13.0 Å². The molecule has 1 unspecified atom stereocenters. The van der Waals surface area contributed by atoms with Gasteiger partial charge in [0.15, 0.2) is 11.6 Å². The highest BCUT2D eigenvalue weighted by atomic mass is 35.5. The standard InChI is InChI=1S/C16H16Cl2FNO/c1-10(20)7-11-3-2-4-15(19)16(11)21-9-12-5-6-13(17)8-14(12)18/h2-6,8,10H,7,9,20H2,1H3. The van der Waals surface area contributed by atoms with Crippen LogP contribution in [0.1, 0.15) is 18.1 Å². The first-order valence-electron chi connectivity index (χ1n) is 6.57. The van der Waals surface area contributed by atoms with Gasteiger partial charge in [-0.25, -0.2) is 4.39 Å². The molecule has 112 valence electrons. The number of ether oxygens (including phenoxy) is 1. The Morgan fingerprint density at radius 1 is 1.19 bits per heavy atom. The highest BCUT2D eigenvalue weighted by Gasteiger charge is 2.12. The largest absolute Gasteiger partial charge is 0.485 e. The molecule has 2 aromatic rings. The minimum atomic E-state index is -0.404. The predicted molar refractivity (Wildman–Crippen MR) is 84.5 cm³/mol. The number of para-hydroxylation sites is 1. The van der Waals surface area contributed by atoms with Gasteiger partial charge in [-0.05, 0) is 37.1 Å². The summed E-state index contributed by atoms with van der Waals surface area (Å²) in [6.07, 6.45) is 0.543. The molecule has 0 saturated carbocycles. The Morgan fingerprint density at radius 3 is 2.62 bits per heavy atom. The van der Waals surface area contributed by atoms with Crippen molar-refractivity contribution < 1.29 is 9.13 Å². The average Bonchev–Trinajstić information content (AvgIpc) is 2.39. The molecule has 2 rings (SSSR count). The van der Waals surface area contributed by atoms with Crippen molar-refractivity contribution in [1.82, 2.24) is 0 Å². The van der Waals surface area contributed by atoms with Gasteiger partial charge in [0, 0.05) is 21.7 Å². The molecule has 0 saturated heterocycles. The zero-order chi connectivity index (χ0) is 15.4. The van der Waals surface area contributed by atoms with Crippen molar-refractivity contribution in [2.24, 2.45) is 5.73 Å². The van der Waals surface area contributed by atoms with Gasteiger partial charge in [0.25, 0.3) is 0 Å². The monoisotopic (exact) mass is 327 g/mol. The Kier molecular flexibility index (Phi) is 5.45. The lowest BCUT2D eigenvalue weighted by Crippen LogP contribution is -2.18. The fourth-order valence-electron chi connectivity index (χ4n) is 2.01. The third-order valence-electron chi connectivity index (χ3n) is 2.98. The van der Waals surface area contributed by atoms with Crippen LogP contribution >= 0.6 is 23.2 Å². The summed E-state index contributed by atoms with van der Waals surface area (Å²) in [5, 5.41) is 1.04. The SMILES string of the molecule is CC(N)Cc1cccc(F)c1OCc1ccc(Cl)cc1Cl. The second-order valence-electron chi connectivity index (χ2n) is 4.93. The van der Waals surface area contributed by atoms with Gasteiger partial charge in [0.05, 0.1) is 0 Å². The number of benzene rings is 2. The molecular formula is C16H16Cl2FNO. The summed E-state index contributed by atoms with van der Waals surface area (Å²) in [4.78, 5) is 0. The summed E-state index contributed by atoms with van der Waals surface area (Å²) in [7, 11) is 0. The topological polar surface area (TPSA) is 35.2 Å². The first-order valence-corrected chi connectivity index (χ1v) is 7.32. The van der Waals surface area contributed by atoms with E-state index in [0.717, 1.165) is 11.1 Å². The van der Waals surface area contributed by atoms with Gasteiger partial charge in [-0.2, -0.15) is 0 Å². The number of hydrogen-bond acceptors (Lipinski definition) is 2. The lowest BCUT2D eigenvalue weighted by molar-refractivity contribution is 0.286. The molecule has 0 heterocycles. The lowest BCUT2D eigenvalue weighted by atomic mass is 10.1. The molecule has 21 heavy (non-hydrogen) atoms. The van der Waals surface area contributed by atoms with Crippen LogP contribution < -0.4 is 10.5 Å². The zero-order valence-corrected chi connectivity index (χ0v) is 13.1. The molecule has 0 amide bonds. The molecule has 0 bridgehead atoms. The van der Waals surface area contributed by atoms with Crippen LogP contribution in [0.3, 0.4) is 0 Å². The average molecular weight is 328 g/mol. The quantitative estimate of drug-likeness (QED) is 0.870. The second-order valence-corrected chi connectivity index (χ2v) is 5.78. The van der Waals surface area contributed by atoms with Crippen molar-refractivity contribution in [3.63, 3.8) is 0 Å². The maximum atomic E-state index is 13.9. The summed E-state index contributed by atoms with van der Waals surface area (Å²) in [6.45, 7) is 2.04. The molecule has 0 aliphatic heterocycles. The van der Waals surface area contributed by atoms with Crippen molar-refractivity contribution in [1.29, 1.82) is 0 Å². The third kappa shape index (κ3) is 4.34. The smallest absolute Gasteiger partial charge is 0.165 e. The molecular weight excluding hydrogens is 312 g/mol. The van der Waals surface area contributed by atoms with Crippen LogP contribution in [0.15, 0.2) is 36.4 Å². The minimum Gasteiger partial charge on any atom is -0.485 e. The Bertz CT molecular complexity index is 632. The second kappa shape index (κ2) is 7.12. The van der Waals surface area contributed by atoms with Gasteiger partial charge < -0.3 is 10.5 Å². The Balaban J connectivity index is 2.19. The zero-order valence-electron chi connectivity index (χ0n) is 11.6. The molecule has 2 nitrogen and oxygen atoms in total. The summed E-state index contributed by atoms with van der Waals surface area (Å²) in [5.41, 5.74) is 7.27. The highest BCUT2D eigenvalue weighted by molar-refractivity contribution is 6.35. The molecule has 5 heteroatoms. The molecule has 0 radical (unpaired) electrons. The van der Waals surface area contributed by atoms with E-state index in [1.165, 1.54) is 6.07 Å². The first kappa shape index (κ1) is 16.1. The van der Waals surface area contributed by atoms with Crippen molar-refractivity contribution in [3.8, 4) is 5.75 Å². The summed E-state index contributed by atoms with van der Waals surface area (Å²) in [6, 6.07) is 9.86. The van der Waals surface area contributed by atoms with Gasteiger partial charge in [0.1, 0.15) is 6.61 Å². The number of rotatable bonds is 5. The number of nitrogens with two attached hydrogens (primary N) is 1. The normalized spacial score (nSPS) is 12.2. The van der Waals surface area contributed by atoms with Crippen molar-refractivity contribution >= 4 is 23.2 Å². The van der Waals surface area contributed by atoms with E-state index >= 15 is 0 Å². The molecule has 2 N–H and O–H groups in total. The van der Waals surface area contributed by atoms with Crippen LogP contribution in [-0.2, 0) is 13.0 Å². The number of hydrogen-bond donors (Lipinski definition) is 1. The Morgan fingerprint density at radius 2 is 1.95 bits per heavy atom. The molecule has 0 spiro atoms. The van der Waals surface area contributed by atoms with Crippen LogP contribution in [0, 0.1) is 5.82 Å². The van der Waals surface area contributed by atoms with Crippen molar-refractivity contribution in [2.45, 2.75) is 26.0 Å². The lowest BCUT2D eigenvalue weighted by Gasteiger charge is -2.14. The maximum Gasteiger partial charge on any atom is 0.165 e. The Labute approximate surface area is 133 Å². The predicted octanol–water partition coefficient (Wildman–Crippen LogP) is 4.60. The van der Waals surface area contributed by atoms with E-state index in [2.05, 4.69) is 0 Å². The molecule has 1 atom stereocenters. The van der Waals surface area contributed by atoms with E-state index in [4.69, 9.17) is 33.7 Å². The first-order chi connectivity index (χ1) is 9.97. The van der Waals surface area contributed by atoms with E-state index in [-0.39, 0.29) is 18.4 Å². The maximum absolute atomic E-state index is 13.9. The van der Waals surface area contributed by atoms with Crippen molar-refractivity contribution in [3.05, 3.63) is 63.4 Å². The summed E-state index contributed by atoms with van der Waals surface area (Å²) >= 11 is 11.9. The molecule has 0 aliphatic carbocycles. The van der Waals surface area contributed by atoms with Gasteiger partial charge in [0.2, 0.25) is 0 Å². The van der Waals surface area contributed by atoms with E-state index in [1.54, 1.807) is 24.3 Å². The minimum absolute atomic E-state index is 0.0757. The highest BCUT2D eigenvalue weighted by Crippen LogP contribution is 2.27. The summed E-state index contributed by atoms with van der Waals surface area (Å²) in [5.74, 6) is -0.181. The van der Waals surface area contributed by atoms with Gasteiger partial charge in [-0.15, -0.1) is 0 Å². The van der Waals surface area contributed by atoms with Crippen LogP contribution in [0.4, 0.5) is 4.39 Å².